The third-order valence-corrected chi connectivity index (χ3v) is 6.05. The van der Waals surface area contributed by atoms with E-state index in [9.17, 15) is 13.2 Å². The number of hydrogen-bond acceptors (Lipinski definition) is 4. The van der Waals surface area contributed by atoms with Crippen LogP contribution in [0.3, 0.4) is 0 Å². The Bertz CT molecular complexity index is 524. The molecule has 0 bridgehead atoms. The molecule has 0 aliphatic heterocycles. The predicted octanol–water partition coefficient (Wildman–Crippen LogP) is 2.90. The summed E-state index contributed by atoms with van der Waals surface area (Å²) in [6.45, 7) is 5.61. The molecule has 0 aliphatic rings. The van der Waals surface area contributed by atoms with Crippen molar-refractivity contribution in [1.29, 1.82) is 0 Å². The van der Waals surface area contributed by atoms with Gasteiger partial charge >= 0.3 is 0 Å². The molecule has 7 heteroatoms. The Morgan fingerprint density at radius 1 is 1.44 bits per heavy atom. The number of rotatable bonds is 5. The van der Waals surface area contributed by atoms with E-state index in [1.807, 2.05) is 20.8 Å². The highest BCUT2D eigenvalue weighted by Crippen LogP contribution is 2.28. The zero-order valence-electron chi connectivity index (χ0n) is 10.4. The summed E-state index contributed by atoms with van der Waals surface area (Å²) in [6.07, 6.45) is 0.768. The van der Waals surface area contributed by atoms with Crippen molar-refractivity contribution in [1.82, 2.24) is 5.32 Å². The van der Waals surface area contributed by atoms with Gasteiger partial charge in [0.2, 0.25) is 5.91 Å². The first kappa shape index (κ1) is 15.5. The van der Waals surface area contributed by atoms with Gasteiger partial charge in [-0.3, -0.25) is 4.79 Å². The number of halogens is 1. The van der Waals surface area contributed by atoms with Gasteiger partial charge in [0.1, 0.15) is 4.21 Å². The third-order valence-electron chi connectivity index (χ3n) is 2.69. The lowest BCUT2D eigenvalue weighted by atomic mass is 10.1. The van der Waals surface area contributed by atoms with Crippen LogP contribution in [0.15, 0.2) is 16.3 Å². The van der Waals surface area contributed by atoms with Crippen molar-refractivity contribution in [2.24, 2.45) is 5.92 Å². The molecule has 1 amide bonds. The van der Waals surface area contributed by atoms with E-state index in [0.717, 1.165) is 22.6 Å². The number of thiophene rings is 1. The molecule has 0 fully saturated rings. The molecule has 2 atom stereocenters. The standard InChI is InChI=1S/C11H16ClNO3S2/c1-4-7(2)11(14)13-8(3)9-5-6-10(17-9)18(12,15)16/h5-8H,4H2,1-3H3,(H,13,14). The molecule has 0 saturated heterocycles. The molecule has 1 N–H and O–H groups in total. The summed E-state index contributed by atoms with van der Waals surface area (Å²) in [5.74, 6) is -0.0858. The fourth-order valence-electron chi connectivity index (χ4n) is 1.31. The summed E-state index contributed by atoms with van der Waals surface area (Å²) >= 11 is 1.07. The maximum Gasteiger partial charge on any atom is 0.270 e. The fourth-order valence-corrected chi connectivity index (χ4v) is 3.41. The normalized spacial score (nSPS) is 15.1. The highest BCUT2D eigenvalue weighted by atomic mass is 35.7. The lowest BCUT2D eigenvalue weighted by Crippen LogP contribution is -2.30. The van der Waals surface area contributed by atoms with Crippen LogP contribution in [0.5, 0.6) is 0 Å². The highest BCUT2D eigenvalue weighted by molar-refractivity contribution is 8.15. The zero-order valence-corrected chi connectivity index (χ0v) is 12.8. The molecule has 1 aromatic heterocycles. The van der Waals surface area contributed by atoms with Gasteiger partial charge < -0.3 is 5.32 Å². The average Bonchev–Trinajstić information content (AvgIpc) is 2.76. The number of nitrogens with one attached hydrogen (secondary N) is 1. The van der Waals surface area contributed by atoms with Crippen molar-refractivity contribution < 1.29 is 13.2 Å². The SMILES string of the molecule is CCC(C)C(=O)NC(C)c1ccc(S(=O)(=O)Cl)s1. The summed E-state index contributed by atoms with van der Waals surface area (Å²) < 4.78 is 22.4. The monoisotopic (exact) mass is 309 g/mol. The summed E-state index contributed by atoms with van der Waals surface area (Å²) in [6, 6.07) is 2.90. The lowest BCUT2D eigenvalue weighted by Gasteiger charge is -2.15. The molecule has 0 spiro atoms. The summed E-state index contributed by atoms with van der Waals surface area (Å²) in [4.78, 5) is 12.5. The van der Waals surface area contributed by atoms with Gasteiger partial charge in [0.15, 0.2) is 0 Å². The van der Waals surface area contributed by atoms with E-state index >= 15 is 0 Å². The van der Waals surface area contributed by atoms with Crippen LogP contribution in [0, 0.1) is 5.92 Å². The molecular weight excluding hydrogens is 294 g/mol. The lowest BCUT2D eigenvalue weighted by molar-refractivity contribution is -0.125. The van der Waals surface area contributed by atoms with Crippen LogP contribution in [-0.4, -0.2) is 14.3 Å². The van der Waals surface area contributed by atoms with Gasteiger partial charge in [-0.05, 0) is 25.5 Å². The van der Waals surface area contributed by atoms with Gasteiger partial charge in [0.25, 0.3) is 9.05 Å². The van der Waals surface area contributed by atoms with E-state index in [0.29, 0.717) is 0 Å². The maximum atomic E-state index is 11.7. The second kappa shape index (κ2) is 6.04. The van der Waals surface area contributed by atoms with Crippen LogP contribution >= 0.6 is 22.0 Å². The molecule has 0 aliphatic carbocycles. The molecule has 4 nitrogen and oxygen atoms in total. The summed E-state index contributed by atoms with van der Waals surface area (Å²) in [5.41, 5.74) is 0. The average molecular weight is 310 g/mol. The molecule has 1 aromatic rings. The fraction of sp³-hybridized carbons (Fsp3) is 0.545. The van der Waals surface area contributed by atoms with Crippen molar-refractivity contribution >= 4 is 37.0 Å². The quantitative estimate of drug-likeness (QED) is 0.851. The van der Waals surface area contributed by atoms with E-state index < -0.39 is 9.05 Å². The van der Waals surface area contributed by atoms with Gasteiger partial charge in [0.05, 0.1) is 6.04 Å². The predicted molar refractivity (Wildman–Crippen MR) is 73.4 cm³/mol. The molecule has 0 aromatic carbocycles. The van der Waals surface area contributed by atoms with Crippen LogP contribution in [-0.2, 0) is 13.8 Å². The van der Waals surface area contributed by atoms with Crippen LogP contribution < -0.4 is 5.32 Å². The van der Waals surface area contributed by atoms with Crippen LogP contribution in [0.25, 0.3) is 0 Å². The maximum absolute atomic E-state index is 11.7. The highest BCUT2D eigenvalue weighted by Gasteiger charge is 2.18. The molecule has 102 valence electrons. The molecule has 0 saturated carbocycles. The minimum absolute atomic E-state index is 0.0336. The molecule has 1 heterocycles. The van der Waals surface area contributed by atoms with E-state index in [1.165, 1.54) is 6.07 Å². The minimum atomic E-state index is -3.69. The Kier molecular flexibility index (Phi) is 5.19. The molecule has 0 radical (unpaired) electrons. The second-order valence-corrected chi connectivity index (χ2v) is 8.04. The van der Waals surface area contributed by atoms with Crippen LogP contribution in [0.2, 0.25) is 0 Å². The Morgan fingerprint density at radius 2 is 2.06 bits per heavy atom. The molecule has 2 unspecified atom stereocenters. The van der Waals surface area contributed by atoms with E-state index in [4.69, 9.17) is 10.7 Å². The Labute approximate surface area is 116 Å². The van der Waals surface area contributed by atoms with Crippen molar-refractivity contribution in [3.63, 3.8) is 0 Å². The van der Waals surface area contributed by atoms with Gasteiger partial charge in [0, 0.05) is 21.5 Å². The van der Waals surface area contributed by atoms with E-state index in [-0.39, 0.29) is 22.1 Å². The number of carbonyl (C=O) groups excluding carboxylic acids is 1. The Morgan fingerprint density at radius 3 is 2.50 bits per heavy atom. The molecule has 1 rings (SSSR count). The van der Waals surface area contributed by atoms with Crippen LogP contribution in [0.4, 0.5) is 0 Å². The zero-order chi connectivity index (χ0) is 13.9. The Hall–Kier alpha value is -0.590. The van der Waals surface area contributed by atoms with Gasteiger partial charge in [-0.1, -0.05) is 13.8 Å². The summed E-state index contributed by atoms with van der Waals surface area (Å²) in [7, 11) is 1.56. The largest absolute Gasteiger partial charge is 0.349 e. The topological polar surface area (TPSA) is 63.2 Å². The Balaban J connectivity index is 2.77. The van der Waals surface area contributed by atoms with Crippen molar-refractivity contribution in [3.8, 4) is 0 Å². The smallest absolute Gasteiger partial charge is 0.270 e. The first-order valence-corrected chi connectivity index (χ1v) is 8.73. The number of amides is 1. The minimum Gasteiger partial charge on any atom is -0.349 e. The first-order chi connectivity index (χ1) is 8.25. The molecular formula is C11H16ClNO3S2. The third kappa shape index (κ3) is 3.96. The van der Waals surface area contributed by atoms with E-state index in [2.05, 4.69) is 5.32 Å². The number of carbonyl (C=O) groups is 1. The second-order valence-electron chi connectivity index (χ2n) is 4.13. The van der Waals surface area contributed by atoms with Crippen LogP contribution in [0.1, 0.15) is 38.1 Å². The molecule has 18 heavy (non-hydrogen) atoms. The van der Waals surface area contributed by atoms with Crippen molar-refractivity contribution in [2.45, 2.75) is 37.4 Å². The summed E-state index contributed by atoms with van der Waals surface area (Å²) in [5, 5.41) is 2.85. The van der Waals surface area contributed by atoms with Gasteiger partial charge in [-0.25, -0.2) is 8.42 Å². The van der Waals surface area contributed by atoms with E-state index in [1.54, 1.807) is 6.07 Å². The number of hydrogen-bond donors (Lipinski definition) is 1. The van der Waals surface area contributed by atoms with Gasteiger partial charge in [-0.2, -0.15) is 0 Å². The van der Waals surface area contributed by atoms with Gasteiger partial charge in [-0.15, -0.1) is 11.3 Å². The first-order valence-electron chi connectivity index (χ1n) is 5.60. The van der Waals surface area contributed by atoms with Crippen molar-refractivity contribution in [2.75, 3.05) is 0 Å². The van der Waals surface area contributed by atoms with Crippen molar-refractivity contribution in [3.05, 3.63) is 17.0 Å².